The summed E-state index contributed by atoms with van der Waals surface area (Å²) in [5, 5.41) is 5.70. The summed E-state index contributed by atoms with van der Waals surface area (Å²) in [7, 11) is 1.39. The fraction of sp³-hybridized carbons (Fsp3) is 0.538. The third-order valence-electron chi connectivity index (χ3n) is 2.67. The summed E-state index contributed by atoms with van der Waals surface area (Å²) >= 11 is 0. The zero-order chi connectivity index (χ0) is 15.9. The van der Waals surface area contributed by atoms with Gasteiger partial charge in [-0.1, -0.05) is 0 Å². The van der Waals surface area contributed by atoms with Crippen LogP contribution in [-0.4, -0.2) is 50.8 Å². The zero-order valence-electron chi connectivity index (χ0n) is 11.6. The van der Waals surface area contributed by atoms with Crippen LogP contribution in [0, 0.1) is 11.6 Å². The molecule has 0 saturated heterocycles. The van der Waals surface area contributed by atoms with Gasteiger partial charge in [0.1, 0.15) is 11.6 Å². The van der Waals surface area contributed by atoms with E-state index in [2.05, 4.69) is 10.6 Å². The molecule has 0 aliphatic carbocycles. The lowest BCUT2D eigenvalue weighted by Crippen LogP contribution is -2.37. The van der Waals surface area contributed by atoms with Crippen molar-refractivity contribution in [2.24, 2.45) is 0 Å². The van der Waals surface area contributed by atoms with Crippen LogP contribution in [0.2, 0.25) is 0 Å². The van der Waals surface area contributed by atoms with Crippen molar-refractivity contribution in [2.75, 3.05) is 45.1 Å². The van der Waals surface area contributed by atoms with Gasteiger partial charge in [0.25, 0.3) is 0 Å². The number of halogens is 5. The molecule has 120 valence electrons. The fourth-order valence-electron chi connectivity index (χ4n) is 1.70. The van der Waals surface area contributed by atoms with Crippen molar-refractivity contribution in [3.63, 3.8) is 0 Å². The minimum absolute atomic E-state index is 0.187. The number of alkyl halides is 3. The molecule has 0 saturated carbocycles. The number of hydrogen-bond donors (Lipinski definition) is 2. The number of benzene rings is 1. The van der Waals surface area contributed by atoms with Crippen molar-refractivity contribution < 1.29 is 22.0 Å². The quantitative estimate of drug-likeness (QED) is 0.570. The van der Waals surface area contributed by atoms with Gasteiger partial charge in [-0.15, -0.1) is 0 Å². The summed E-state index contributed by atoms with van der Waals surface area (Å²) < 4.78 is 62.1. The summed E-state index contributed by atoms with van der Waals surface area (Å²) in [6, 6.07) is 3.22. The average Bonchev–Trinajstić information content (AvgIpc) is 2.33. The standard InChI is InChI=1S/C13H18F5N3/c1-21(9-13(16,17)18)7-6-19-4-5-20-12-3-2-10(14)8-11(12)15/h2-3,8,19-20H,4-7,9H2,1H3. The molecule has 1 aromatic carbocycles. The second kappa shape index (κ2) is 8.14. The molecule has 8 heteroatoms. The van der Waals surface area contributed by atoms with E-state index < -0.39 is 24.4 Å². The molecule has 1 aromatic rings. The van der Waals surface area contributed by atoms with Crippen LogP contribution in [-0.2, 0) is 0 Å². The summed E-state index contributed by atoms with van der Waals surface area (Å²) in [5.74, 6) is -1.33. The lowest BCUT2D eigenvalue weighted by Gasteiger charge is -2.18. The average molecular weight is 311 g/mol. The largest absolute Gasteiger partial charge is 0.401 e. The van der Waals surface area contributed by atoms with E-state index in [4.69, 9.17) is 0 Å². The number of hydrogen-bond acceptors (Lipinski definition) is 3. The van der Waals surface area contributed by atoms with E-state index in [1.54, 1.807) is 0 Å². The van der Waals surface area contributed by atoms with Crippen LogP contribution in [0.1, 0.15) is 0 Å². The van der Waals surface area contributed by atoms with Gasteiger partial charge >= 0.3 is 6.18 Å². The fourth-order valence-corrected chi connectivity index (χ4v) is 1.70. The van der Waals surface area contributed by atoms with Gasteiger partial charge in [-0.2, -0.15) is 13.2 Å². The maximum absolute atomic E-state index is 13.3. The third-order valence-corrected chi connectivity index (χ3v) is 2.67. The maximum atomic E-state index is 13.3. The SMILES string of the molecule is CN(CCNCCNc1ccc(F)cc1F)CC(F)(F)F. The lowest BCUT2D eigenvalue weighted by molar-refractivity contribution is -0.142. The van der Waals surface area contributed by atoms with Gasteiger partial charge in [-0.25, -0.2) is 8.78 Å². The number of nitrogens with one attached hydrogen (secondary N) is 2. The van der Waals surface area contributed by atoms with Gasteiger partial charge in [-0.05, 0) is 19.2 Å². The number of likely N-dealkylation sites (N-methyl/N-ethyl adjacent to an activating group) is 1. The van der Waals surface area contributed by atoms with Crippen molar-refractivity contribution >= 4 is 5.69 Å². The van der Waals surface area contributed by atoms with E-state index in [1.165, 1.54) is 18.0 Å². The van der Waals surface area contributed by atoms with Gasteiger partial charge in [0.2, 0.25) is 0 Å². The second-order valence-corrected chi connectivity index (χ2v) is 4.65. The first-order valence-electron chi connectivity index (χ1n) is 6.43. The predicted molar refractivity (Wildman–Crippen MR) is 71.3 cm³/mol. The highest BCUT2D eigenvalue weighted by Crippen LogP contribution is 2.15. The molecule has 0 atom stereocenters. The Morgan fingerprint density at radius 3 is 2.43 bits per heavy atom. The highest BCUT2D eigenvalue weighted by molar-refractivity contribution is 5.44. The van der Waals surface area contributed by atoms with Gasteiger partial charge < -0.3 is 10.6 Å². The van der Waals surface area contributed by atoms with E-state index in [1.807, 2.05) is 0 Å². The first-order valence-corrected chi connectivity index (χ1v) is 6.43. The Balaban J connectivity index is 2.12. The third kappa shape index (κ3) is 7.81. The van der Waals surface area contributed by atoms with Gasteiger partial charge in [0.05, 0.1) is 12.2 Å². The van der Waals surface area contributed by atoms with Crippen molar-refractivity contribution in [1.29, 1.82) is 0 Å². The smallest absolute Gasteiger partial charge is 0.381 e. The number of nitrogens with zero attached hydrogens (tertiary/aromatic N) is 1. The van der Waals surface area contributed by atoms with Crippen molar-refractivity contribution in [1.82, 2.24) is 10.2 Å². The molecule has 0 radical (unpaired) electrons. The van der Waals surface area contributed by atoms with E-state index in [0.717, 1.165) is 12.1 Å². The van der Waals surface area contributed by atoms with E-state index in [-0.39, 0.29) is 12.2 Å². The summed E-state index contributed by atoms with van der Waals surface area (Å²) in [6.45, 7) is 0.528. The monoisotopic (exact) mass is 311 g/mol. The minimum Gasteiger partial charge on any atom is -0.381 e. The molecule has 0 amide bonds. The highest BCUT2D eigenvalue weighted by Gasteiger charge is 2.28. The molecule has 0 fully saturated rings. The minimum atomic E-state index is -4.20. The van der Waals surface area contributed by atoms with Crippen molar-refractivity contribution in [2.45, 2.75) is 6.18 Å². The topological polar surface area (TPSA) is 27.3 Å². The van der Waals surface area contributed by atoms with E-state index >= 15 is 0 Å². The lowest BCUT2D eigenvalue weighted by atomic mass is 10.3. The first kappa shape index (κ1) is 17.6. The summed E-state index contributed by atoms with van der Waals surface area (Å²) in [6.07, 6.45) is -4.20. The maximum Gasteiger partial charge on any atom is 0.401 e. The predicted octanol–water partition coefficient (Wildman–Crippen LogP) is 2.46. The van der Waals surface area contributed by atoms with Crippen molar-refractivity contribution in [3.05, 3.63) is 29.8 Å². The zero-order valence-corrected chi connectivity index (χ0v) is 11.6. The van der Waals surface area contributed by atoms with E-state index in [0.29, 0.717) is 19.6 Å². The molecule has 2 N–H and O–H groups in total. The van der Waals surface area contributed by atoms with Crippen LogP contribution < -0.4 is 10.6 Å². The summed E-state index contributed by atoms with van der Waals surface area (Å²) in [4.78, 5) is 1.17. The Kier molecular flexibility index (Phi) is 6.83. The number of anilines is 1. The van der Waals surface area contributed by atoms with Crippen LogP contribution in [0.5, 0.6) is 0 Å². The molecule has 21 heavy (non-hydrogen) atoms. The van der Waals surface area contributed by atoms with Crippen LogP contribution in [0.25, 0.3) is 0 Å². The molecule has 0 aliphatic heterocycles. The Hall–Kier alpha value is -1.41. The van der Waals surface area contributed by atoms with E-state index in [9.17, 15) is 22.0 Å². The molecular weight excluding hydrogens is 293 g/mol. The van der Waals surface area contributed by atoms with Crippen LogP contribution in [0.15, 0.2) is 18.2 Å². The first-order chi connectivity index (χ1) is 9.78. The highest BCUT2D eigenvalue weighted by atomic mass is 19.4. The Bertz CT molecular complexity index is 436. The molecule has 1 rings (SSSR count). The molecule has 3 nitrogen and oxygen atoms in total. The van der Waals surface area contributed by atoms with Gasteiger partial charge in [0.15, 0.2) is 0 Å². The van der Waals surface area contributed by atoms with Crippen LogP contribution in [0.3, 0.4) is 0 Å². The second-order valence-electron chi connectivity index (χ2n) is 4.65. The van der Waals surface area contributed by atoms with Gasteiger partial charge in [-0.3, -0.25) is 4.90 Å². The number of rotatable bonds is 8. The normalized spacial score (nSPS) is 12.0. The molecule has 0 aliphatic rings. The molecule has 0 spiro atoms. The molecule has 0 heterocycles. The molecule has 0 aromatic heterocycles. The Morgan fingerprint density at radius 2 is 1.81 bits per heavy atom. The van der Waals surface area contributed by atoms with Gasteiger partial charge in [0, 0.05) is 32.2 Å². The van der Waals surface area contributed by atoms with Crippen LogP contribution >= 0.6 is 0 Å². The molecular formula is C13H18F5N3. The molecule has 0 unspecified atom stereocenters. The van der Waals surface area contributed by atoms with Crippen LogP contribution in [0.4, 0.5) is 27.6 Å². The summed E-state index contributed by atoms with van der Waals surface area (Å²) in [5.41, 5.74) is 0.187. The molecule has 0 bridgehead atoms. The Morgan fingerprint density at radius 1 is 1.10 bits per heavy atom. The Labute approximate surface area is 120 Å². The van der Waals surface area contributed by atoms with Crippen molar-refractivity contribution in [3.8, 4) is 0 Å².